The molecule has 2 aliphatic heterocycles. The van der Waals surface area contributed by atoms with Crippen molar-refractivity contribution in [1.82, 2.24) is 4.90 Å². The van der Waals surface area contributed by atoms with Gasteiger partial charge in [0, 0.05) is 10.6 Å². The zero-order chi connectivity index (χ0) is 18.1. The Bertz CT molecular complexity index is 785. The summed E-state index contributed by atoms with van der Waals surface area (Å²) in [5.41, 5.74) is 3.70. The van der Waals surface area contributed by atoms with Crippen LogP contribution in [0.2, 0.25) is 0 Å². The van der Waals surface area contributed by atoms with Crippen molar-refractivity contribution >= 4 is 35.4 Å². The van der Waals surface area contributed by atoms with E-state index in [1.807, 2.05) is 18.4 Å². The van der Waals surface area contributed by atoms with E-state index in [0.717, 1.165) is 5.57 Å². The first-order valence-corrected chi connectivity index (χ1v) is 10.0. The van der Waals surface area contributed by atoms with Gasteiger partial charge in [-0.3, -0.25) is 9.69 Å². The first-order valence-electron chi connectivity index (χ1n) is 8.10. The number of benzene rings is 1. The van der Waals surface area contributed by atoms with Crippen LogP contribution in [0.15, 0.2) is 45.8 Å². The maximum atomic E-state index is 12.2. The number of methoxy groups -OCH3 is 1. The zero-order valence-corrected chi connectivity index (χ0v) is 16.4. The third kappa shape index (κ3) is 3.37. The molecule has 2 atom stereocenters. The highest BCUT2D eigenvalue weighted by molar-refractivity contribution is 8.02. The molecule has 25 heavy (non-hydrogen) atoms. The Morgan fingerprint density at radius 3 is 2.84 bits per heavy atom. The van der Waals surface area contributed by atoms with Crippen molar-refractivity contribution < 1.29 is 14.3 Å². The Hall–Kier alpha value is -1.66. The van der Waals surface area contributed by atoms with Gasteiger partial charge in [-0.15, -0.1) is 11.8 Å². The van der Waals surface area contributed by atoms with Crippen LogP contribution in [0.5, 0.6) is 0 Å². The van der Waals surface area contributed by atoms with Crippen LogP contribution in [-0.2, 0) is 14.3 Å². The summed E-state index contributed by atoms with van der Waals surface area (Å²) in [7, 11) is 1.35. The summed E-state index contributed by atoms with van der Waals surface area (Å²) >= 11 is 3.31. The highest BCUT2D eigenvalue weighted by Gasteiger charge is 2.50. The number of amides is 1. The van der Waals surface area contributed by atoms with Crippen molar-refractivity contribution in [3.05, 3.63) is 52.1 Å². The topological polar surface area (TPSA) is 46.6 Å². The molecule has 0 N–H and O–H groups in total. The number of carbonyl (C=O) groups excluding carboxylic acids is 2. The lowest BCUT2D eigenvalue weighted by molar-refractivity contribution is -0.152. The maximum Gasteiger partial charge on any atom is 0.355 e. The van der Waals surface area contributed by atoms with Gasteiger partial charge in [0.2, 0.25) is 5.91 Å². The number of β-lactam (4-membered cyclic amide) rings is 1. The van der Waals surface area contributed by atoms with Crippen LogP contribution < -0.4 is 0 Å². The highest BCUT2D eigenvalue weighted by atomic mass is 32.2. The standard InChI is InChI=1S/C19H21NO3S2/c1-11-5-6-15(12(2)9-11)24-8-7-14-10-25-18-13(3)17(21)20(18)16(14)19(22)23-4/h5-9,13,18H,10H2,1-4H3/b8-7+. The van der Waals surface area contributed by atoms with E-state index in [0.29, 0.717) is 11.4 Å². The van der Waals surface area contributed by atoms with Crippen LogP contribution in [0.1, 0.15) is 18.1 Å². The van der Waals surface area contributed by atoms with Gasteiger partial charge in [0.15, 0.2) is 0 Å². The monoisotopic (exact) mass is 375 g/mol. The molecule has 4 nitrogen and oxygen atoms in total. The molecular weight excluding hydrogens is 354 g/mol. The quantitative estimate of drug-likeness (QED) is 0.454. The van der Waals surface area contributed by atoms with Crippen molar-refractivity contribution in [3.63, 3.8) is 0 Å². The van der Waals surface area contributed by atoms with Crippen LogP contribution in [0.25, 0.3) is 0 Å². The third-order valence-electron chi connectivity index (χ3n) is 4.44. The minimum absolute atomic E-state index is 0.00877. The van der Waals surface area contributed by atoms with Crippen molar-refractivity contribution in [2.24, 2.45) is 5.92 Å². The summed E-state index contributed by atoms with van der Waals surface area (Å²) in [6, 6.07) is 6.33. The summed E-state index contributed by atoms with van der Waals surface area (Å²) in [5.74, 6) is 0.208. The lowest BCUT2D eigenvalue weighted by Crippen LogP contribution is -2.60. The van der Waals surface area contributed by atoms with E-state index in [4.69, 9.17) is 4.74 Å². The van der Waals surface area contributed by atoms with Gasteiger partial charge in [-0.25, -0.2) is 4.79 Å². The van der Waals surface area contributed by atoms with Gasteiger partial charge >= 0.3 is 5.97 Å². The van der Waals surface area contributed by atoms with E-state index in [2.05, 4.69) is 32.0 Å². The summed E-state index contributed by atoms with van der Waals surface area (Å²) in [6.45, 7) is 6.07. The molecular formula is C19H21NO3S2. The second-order valence-electron chi connectivity index (χ2n) is 6.25. The van der Waals surface area contributed by atoms with Crippen molar-refractivity contribution in [3.8, 4) is 0 Å². The first-order chi connectivity index (χ1) is 11.9. The van der Waals surface area contributed by atoms with E-state index in [9.17, 15) is 9.59 Å². The van der Waals surface area contributed by atoms with Crippen LogP contribution >= 0.6 is 23.5 Å². The number of thioether (sulfide) groups is 2. The van der Waals surface area contributed by atoms with Gasteiger partial charge in [0.25, 0.3) is 0 Å². The van der Waals surface area contributed by atoms with Crippen LogP contribution in [-0.4, -0.2) is 35.0 Å². The fourth-order valence-electron chi connectivity index (χ4n) is 3.04. The lowest BCUT2D eigenvalue weighted by Gasteiger charge is -2.48. The minimum atomic E-state index is -0.443. The SMILES string of the molecule is COC(=O)C1=C(/C=C/Sc2ccc(C)cc2C)CSC2C(C)C(=O)N12. The molecule has 0 saturated carbocycles. The summed E-state index contributed by atoms with van der Waals surface area (Å²) in [4.78, 5) is 27.2. The number of allylic oxidation sites excluding steroid dienone is 1. The van der Waals surface area contributed by atoms with Crippen molar-refractivity contribution in [1.29, 1.82) is 0 Å². The van der Waals surface area contributed by atoms with Gasteiger partial charge < -0.3 is 4.74 Å². The number of aryl methyl sites for hydroxylation is 2. The molecule has 2 unspecified atom stereocenters. The number of fused-ring (bicyclic) bond motifs is 1. The summed E-state index contributed by atoms with van der Waals surface area (Å²) in [6.07, 6.45) is 1.93. The number of nitrogens with zero attached hydrogens (tertiary/aromatic N) is 1. The molecule has 1 amide bonds. The van der Waals surface area contributed by atoms with E-state index >= 15 is 0 Å². The molecule has 1 aromatic rings. The van der Waals surface area contributed by atoms with E-state index < -0.39 is 5.97 Å². The Labute approximate surface area is 156 Å². The predicted molar refractivity (Wildman–Crippen MR) is 102 cm³/mol. The minimum Gasteiger partial charge on any atom is -0.464 e. The second-order valence-corrected chi connectivity index (χ2v) is 8.31. The molecule has 0 spiro atoms. The Balaban J connectivity index is 1.84. The Morgan fingerprint density at radius 2 is 2.16 bits per heavy atom. The molecule has 0 aromatic heterocycles. The fraction of sp³-hybridized carbons (Fsp3) is 0.368. The number of ether oxygens (including phenoxy) is 1. The van der Waals surface area contributed by atoms with Gasteiger partial charge in [-0.2, -0.15) is 0 Å². The highest BCUT2D eigenvalue weighted by Crippen LogP contribution is 2.44. The average molecular weight is 376 g/mol. The molecule has 0 radical (unpaired) electrons. The van der Waals surface area contributed by atoms with Crippen molar-refractivity contribution in [2.45, 2.75) is 31.0 Å². The van der Waals surface area contributed by atoms with Gasteiger partial charge in [-0.1, -0.05) is 36.4 Å². The molecule has 2 heterocycles. The Kier molecular flexibility index (Phi) is 5.29. The average Bonchev–Trinajstić information content (AvgIpc) is 2.61. The van der Waals surface area contributed by atoms with Gasteiger partial charge in [0.1, 0.15) is 5.70 Å². The fourth-order valence-corrected chi connectivity index (χ4v) is 5.15. The van der Waals surface area contributed by atoms with Crippen LogP contribution in [0, 0.1) is 19.8 Å². The number of esters is 1. The van der Waals surface area contributed by atoms with E-state index in [1.54, 1.807) is 28.4 Å². The maximum absolute atomic E-state index is 12.2. The molecule has 0 bridgehead atoms. The van der Waals surface area contributed by atoms with Gasteiger partial charge in [-0.05, 0) is 42.5 Å². The Morgan fingerprint density at radius 1 is 1.40 bits per heavy atom. The molecule has 6 heteroatoms. The summed E-state index contributed by atoms with van der Waals surface area (Å²) in [5, 5.41) is 2.02. The molecule has 1 aromatic carbocycles. The number of carbonyl (C=O) groups is 2. The predicted octanol–water partition coefficient (Wildman–Crippen LogP) is 3.89. The number of rotatable bonds is 4. The van der Waals surface area contributed by atoms with E-state index in [-0.39, 0.29) is 17.2 Å². The molecule has 3 rings (SSSR count). The van der Waals surface area contributed by atoms with Crippen LogP contribution in [0.3, 0.4) is 0 Å². The molecule has 1 fully saturated rings. The van der Waals surface area contributed by atoms with Crippen LogP contribution in [0.4, 0.5) is 0 Å². The van der Waals surface area contributed by atoms with Gasteiger partial charge in [0.05, 0.1) is 18.4 Å². The normalized spacial score (nSPS) is 22.9. The largest absolute Gasteiger partial charge is 0.464 e. The summed E-state index contributed by atoms with van der Waals surface area (Å²) < 4.78 is 4.91. The third-order valence-corrected chi connectivity index (χ3v) is 6.86. The number of hydrogen-bond acceptors (Lipinski definition) is 5. The molecule has 1 saturated heterocycles. The zero-order valence-electron chi connectivity index (χ0n) is 14.7. The smallest absolute Gasteiger partial charge is 0.355 e. The lowest BCUT2D eigenvalue weighted by atomic mass is 9.97. The first kappa shape index (κ1) is 18.1. The second kappa shape index (κ2) is 7.30. The van der Waals surface area contributed by atoms with E-state index in [1.165, 1.54) is 23.1 Å². The molecule has 2 aliphatic rings. The number of hydrogen-bond donors (Lipinski definition) is 0. The molecule has 132 valence electrons. The molecule has 0 aliphatic carbocycles. The van der Waals surface area contributed by atoms with Crippen molar-refractivity contribution in [2.75, 3.05) is 12.9 Å².